The molecule has 7 nitrogen and oxygen atoms in total. The Bertz CT molecular complexity index is 610. The number of carbonyl (C=O) groups excluding carboxylic acids is 1. The van der Waals surface area contributed by atoms with Gasteiger partial charge in [0.25, 0.3) is 5.69 Å². The Labute approximate surface area is 135 Å². The van der Waals surface area contributed by atoms with E-state index in [0.29, 0.717) is 30.8 Å². The number of nitro benzene ring substituents is 1. The van der Waals surface area contributed by atoms with Gasteiger partial charge in [-0.3, -0.25) is 15.0 Å². The summed E-state index contributed by atoms with van der Waals surface area (Å²) in [6.45, 7) is 8.66. The van der Waals surface area contributed by atoms with Gasteiger partial charge in [0, 0.05) is 25.2 Å². The number of nitro groups is 1. The fourth-order valence-electron chi connectivity index (χ4n) is 2.72. The van der Waals surface area contributed by atoms with Gasteiger partial charge in [0.2, 0.25) is 0 Å². The van der Waals surface area contributed by atoms with Crippen LogP contribution >= 0.6 is 0 Å². The van der Waals surface area contributed by atoms with E-state index in [9.17, 15) is 14.9 Å². The lowest BCUT2D eigenvalue weighted by atomic mass is 9.99. The van der Waals surface area contributed by atoms with Gasteiger partial charge >= 0.3 is 6.09 Å². The number of carbonyl (C=O) groups is 1. The van der Waals surface area contributed by atoms with Gasteiger partial charge in [-0.15, -0.1) is 0 Å². The van der Waals surface area contributed by atoms with Crippen LogP contribution in [0.1, 0.15) is 37.9 Å². The maximum atomic E-state index is 12.5. The number of nitrogens with one attached hydrogen (secondary N) is 1. The highest BCUT2D eigenvalue weighted by atomic mass is 16.6. The highest BCUT2D eigenvalue weighted by Gasteiger charge is 2.35. The number of aryl methyl sites for hydroxylation is 1. The zero-order valence-electron chi connectivity index (χ0n) is 14.0. The molecule has 1 atom stereocenters. The Balaban J connectivity index is 2.38. The molecule has 1 aliphatic heterocycles. The maximum absolute atomic E-state index is 12.5. The second kappa shape index (κ2) is 6.54. The molecule has 1 unspecified atom stereocenters. The average Bonchev–Trinajstić information content (AvgIpc) is 2.44. The molecule has 1 saturated heterocycles. The van der Waals surface area contributed by atoms with Crippen LogP contribution in [0.25, 0.3) is 0 Å². The molecular weight excluding hydrogens is 298 g/mol. The fraction of sp³-hybridized carbons (Fsp3) is 0.562. The van der Waals surface area contributed by atoms with E-state index in [2.05, 4.69) is 5.32 Å². The molecule has 126 valence electrons. The van der Waals surface area contributed by atoms with Crippen molar-refractivity contribution in [2.75, 3.05) is 19.6 Å². The normalized spacial score (nSPS) is 18.6. The Morgan fingerprint density at radius 2 is 2.13 bits per heavy atom. The summed E-state index contributed by atoms with van der Waals surface area (Å²) < 4.78 is 5.45. The molecule has 1 amide bonds. The quantitative estimate of drug-likeness (QED) is 0.669. The topological polar surface area (TPSA) is 84.7 Å². The lowest BCUT2D eigenvalue weighted by Crippen LogP contribution is -2.50. The van der Waals surface area contributed by atoms with E-state index in [1.165, 1.54) is 0 Å². The highest BCUT2D eigenvalue weighted by molar-refractivity contribution is 5.69. The number of hydrogen-bond donors (Lipinski definition) is 1. The Hall–Kier alpha value is -2.15. The van der Waals surface area contributed by atoms with E-state index in [1.807, 2.05) is 0 Å². The third kappa shape index (κ3) is 3.98. The van der Waals surface area contributed by atoms with Gasteiger partial charge in [0.15, 0.2) is 0 Å². The van der Waals surface area contributed by atoms with Crippen molar-refractivity contribution in [3.8, 4) is 0 Å². The second-order valence-electron chi connectivity index (χ2n) is 6.66. The molecule has 2 rings (SSSR count). The van der Waals surface area contributed by atoms with Crippen LogP contribution in [-0.2, 0) is 4.74 Å². The minimum atomic E-state index is -0.606. The van der Waals surface area contributed by atoms with Crippen molar-refractivity contribution >= 4 is 11.8 Å². The minimum Gasteiger partial charge on any atom is -0.444 e. The fourth-order valence-corrected chi connectivity index (χ4v) is 2.72. The van der Waals surface area contributed by atoms with E-state index in [4.69, 9.17) is 4.74 Å². The van der Waals surface area contributed by atoms with Gasteiger partial charge in [-0.2, -0.15) is 0 Å². The number of amides is 1. The lowest BCUT2D eigenvalue weighted by Gasteiger charge is -2.37. The summed E-state index contributed by atoms with van der Waals surface area (Å²) in [4.78, 5) is 25.1. The van der Waals surface area contributed by atoms with Crippen molar-refractivity contribution < 1.29 is 14.5 Å². The summed E-state index contributed by atoms with van der Waals surface area (Å²) >= 11 is 0. The zero-order valence-corrected chi connectivity index (χ0v) is 14.0. The number of rotatable bonds is 2. The number of ether oxygens (including phenoxy) is 1. The molecular formula is C16H23N3O4. The third-order valence-corrected chi connectivity index (χ3v) is 3.68. The highest BCUT2D eigenvalue weighted by Crippen LogP contribution is 2.33. The number of nitrogens with zero attached hydrogens (tertiary/aromatic N) is 2. The van der Waals surface area contributed by atoms with Gasteiger partial charge in [-0.05, 0) is 33.8 Å². The summed E-state index contributed by atoms with van der Waals surface area (Å²) in [5.74, 6) is 0. The standard InChI is InChI=1S/C16H23N3O4/c1-11-6-5-7-12(14(11)19(21)22)13-10-17-8-9-18(13)15(20)23-16(2,3)4/h5-7,13,17H,8-10H2,1-4H3. The molecule has 0 bridgehead atoms. The van der Waals surface area contributed by atoms with Crippen molar-refractivity contribution in [1.29, 1.82) is 0 Å². The van der Waals surface area contributed by atoms with Crippen LogP contribution in [0.4, 0.5) is 10.5 Å². The Kier molecular flexibility index (Phi) is 4.89. The predicted molar refractivity (Wildman–Crippen MR) is 86.4 cm³/mol. The molecule has 1 aliphatic rings. The molecule has 0 aliphatic carbocycles. The molecule has 7 heteroatoms. The van der Waals surface area contributed by atoms with Crippen molar-refractivity contribution in [3.63, 3.8) is 0 Å². The summed E-state index contributed by atoms with van der Waals surface area (Å²) in [5.41, 5.74) is 0.579. The maximum Gasteiger partial charge on any atom is 0.410 e. The number of piperazine rings is 1. The van der Waals surface area contributed by atoms with Crippen LogP contribution in [0, 0.1) is 17.0 Å². The molecule has 23 heavy (non-hydrogen) atoms. The summed E-state index contributed by atoms with van der Waals surface area (Å²) in [7, 11) is 0. The average molecular weight is 321 g/mol. The zero-order chi connectivity index (χ0) is 17.2. The monoisotopic (exact) mass is 321 g/mol. The number of para-hydroxylation sites is 1. The molecule has 0 saturated carbocycles. The predicted octanol–water partition coefficient (Wildman–Crippen LogP) is 2.78. The molecule has 1 aromatic carbocycles. The summed E-state index contributed by atoms with van der Waals surface area (Å²) in [6, 6.07) is 4.77. The lowest BCUT2D eigenvalue weighted by molar-refractivity contribution is -0.386. The van der Waals surface area contributed by atoms with Crippen LogP contribution in [0.2, 0.25) is 0 Å². The first-order valence-corrected chi connectivity index (χ1v) is 7.65. The van der Waals surface area contributed by atoms with Crippen LogP contribution in [0.15, 0.2) is 18.2 Å². The molecule has 1 fully saturated rings. The van der Waals surface area contributed by atoms with Crippen LogP contribution < -0.4 is 5.32 Å². The van der Waals surface area contributed by atoms with E-state index in [0.717, 1.165) is 0 Å². The Morgan fingerprint density at radius 3 is 2.74 bits per heavy atom. The van der Waals surface area contributed by atoms with E-state index >= 15 is 0 Å². The second-order valence-corrected chi connectivity index (χ2v) is 6.66. The molecule has 0 aromatic heterocycles. The van der Waals surface area contributed by atoms with E-state index in [-0.39, 0.29) is 10.6 Å². The van der Waals surface area contributed by atoms with Crippen LogP contribution in [-0.4, -0.2) is 41.2 Å². The van der Waals surface area contributed by atoms with Gasteiger partial charge in [-0.1, -0.05) is 12.1 Å². The first-order chi connectivity index (χ1) is 10.7. The summed E-state index contributed by atoms with van der Waals surface area (Å²) in [5, 5.41) is 14.6. The number of hydrogen-bond acceptors (Lipinski definition) is 5. The first kappa shape index (κ1) is 17.2. The SMILES string of the molecule is Cc1cccc(C2CNCCN2C(=O)OC(C)(C)C)c1[N+](=O)[O-]. The van der Waals surface area contributed by atoms with Crippen molar-refractivity contribution in [1.82, 2.24) is 10.2 Å². The van der Waals surface area contributed by atoms with E-state index < -0.39 is 17.7 Å². The van der Waals surface area contributed by atoms with Gasteiger partial charge < -0.3 is 10.1 Å². The first-order valence-electron chi connectivity index (χ1n) is 7.65. The Morgan fingerprint density at radius 1 is 1.43 bits per heavy atom. The van der Waals surface area contributed by atoms with Gasteiger partial charge in [0.1, 0.15) is 5.60 Å². The van der Waals surface area contributed by atoms with Crippen LogP contribution in [0.5, 0.6) is 0 Å². The van der Waals surface area contributed by atoms with Gasteiger partial charge in [-0.25, -0.2) is 4.79 Å². The van der Waals surface area contributed by atoms with Gasteiger partial charge in [0.05, 0.1) is 16.5 Å². The smallest absolute Gasteiger partial charge is 0.410 e. The third-order valence-electron chi connectivity index (χ3n) is 3.68. The van der Waals surface area contributed by atoms with Crippen molar-refractivity contribution in [3.05, 3.63) is 39.4 Å². The largest absolute Gasteiger partial charge is 0.444 e. The van der Waals surface area contributed by atoms with Crippen LogP contribution in [0.3, 0.4) is 0 Å². The summed E-state index contributed by atoms with van der Waals surface area (Å²) in [6.07, 6.45) is -0.445. The number of benzene rings is 1. The van der Waals surface area contributed by atoms with Crippen molar-refractivity contribution in [2.24, 2.45) is 0 Å². The molecule has 0 radical (unpaired) electrons. The van der Waals surface area contributed by atoms with E-state index in [1.54, 1.807) is 50.8 Å². The molecule has 1 heterocycles. The minimum absolute atomic E-state index is 0.0646. The molecule has 1 aromatic rings. The van der Waals surface area contributed by atoms with Crippen molar-refractivity contribution in [2.45, 2.75) is 39.3 Å². The molecule has 1 N–H and O–H groups in total. The molecule has 0 spiro atoms.